The number of thiophene rings is 1. The number of rotatable bonds is 8. The molecule has 1 saturated heterocycles. The Morgan fingerprint density at radius 3 is 2.90 bits per heavy atom. The first-order chi connectivity index (χ1) is 9.85. The standard InChI is InChI=1S/C16H28N2OS/c1-2-14-9-12-20-16(14)15(18-17)6-4-3-5-13-7-10-19-11-8-13/h9,12-13,15,18H,2-8,10-11,17H2,1H3. The van der Waals surface area contributed by atoms with Gasteiger partial charge in [-0.25, -0.2) is 0 Å². The van der Waals surface area contributed by atoms with Gasteiger partial charge in [-0.15, -0.1) is 11.3 Å². The van der Waals surface area contributed by atoms with Gasteiger partial charge in [-0.05, 0) is 48.6 Å². The van der Waals surface area contributed by atoms with E-state index in [4.69, 9.17) is 10.6 Å². The first-order valence-electron chi connectivity index (χ1n) is 7.95. The predicted octanol–water partition coefficient (Wildman–Crippen LogP) is 3.80. The summed E-state index contributed by atoms with van der Waals surface area (Å²) in [6.07, 6.45) is 8.67. The summed E-state index contributed by atoms with van der Waals surface area (Å²) < 4.78 is 5.41. The minimum Gasteiger partial charge on any atom is -0.381 e. The number of hydrogen-bond acceptors (Lipinski definition) is 4. The third-order valence-corrected chi connectivity index (χ3v) is 5.45. The van der Waals surface area contributed by atoms with Gasteiger partial charge in [0.25, 0.3) is 0 Å². The van der Waals surface area contributed by atoms with E-state index in [1.54, 1.807) is 0 Å². The lowest BCUT2D eigenvalue weighted by molar-refractivity contribution is 0.0630. The Morgan fingerprint density at radius 1 is 1.40 bits per heavy atom. The van der Waals surface area contributed by atoms with Gasteiger partial charge in [0.15, 0.2) is 0 Å². The molecule has 0 spiro atoms. The zero-order valence-electron chi connectivity index (χ0n) is 12.6. The van der Waals surface area contributed by atoms with E-state index < -0.39 is 0 Å². The lowest BCUT2D eigenvalue weighted by Crippen LogP contribution is -2.28. The van der Waals surface area contributed by atoms with E-state index in [1.165, 1.54) is 42.5 Å². The van der Waals surface area contributed by atoms with Crippen LogP contribution in [0.3, 0.4) is 0 Å². The predicted molar refractivity (Wildman–Crippen MR) is 85.8 cm³/mol. The van der Waals surface area contributed by atoms with Crippen molar-refractivity contribution in [3.05, 3.63) is 21.9 Å². The Hall–Kier alpha value is -0.420. The third kappa shape index (κ3) is 4.55. The SMILES string of the molecule is CCc1ccsc1C(CCCCC1CCOCC1)NN. The van der Waals surface area contributed by atoms with Gasteiger partial charge in [0.2, 0.25) is 0 Å². The van der Waals surface area contributed by atoms with E-state index in [9.17, 15) is 0 Å². The maximum Gasteiger partial charge on any atom is 0.0556 e. The topological polar surface area (TPSA) is 47.3 Å². The van der Waals surface area contributed by atoms with E-state index in [1.807, 2.05) is 11.3 Å². The monoisotopic (exact) mass is 296 g/mol. The summed E-state index contributed by atoms with van der Waals surface area (Å²) in [6.45, 7) is 4.14. The molecule has 0 aliphatic carbocycles. The van der Waals surface area contributed by atoms with Gasteiger partial charge >= 0.3 is 0 Å². The van der Waals surface area contributed by atoms with E-state index >= 15 is 0 Å². The average molecular weight is 296 g/mol. The lowest BCUT2D eigenvalue weighted by atomic mass is 9.93. The first kappa shape index (κ1) is 16.0. The number of ether oxygens (including phenoxy) is 1. The van der Waals surface area contributed by atoms with Crippen LogP contribution < -0.4 is 11.3 Å². The van der Waals surface area contributed by atoms with Crippen LogP contribution in [-0.4, -0.2) is 13.2 Å². The minimum absolute atomic E-state index is 0.333. The molecule has 0 saturated carbocycles. The Kier molecular flexibility index (Phi) is 7.00. The highest BCUT2D eigenvalue weighted by Gasteiger charge is 2.16. The van der Waals surface area contributed by atoms with Gasteiger partial charge < -0.3 is 4.74 Å². The van der Waals surface area contributed by atoms with Crippen LogP contribution in [0.5, 0.6) is 0 Å². The van der Waals surface area contributed by atoms with Crippen LogP contribution >= 0.6 is 11.3 Å². The fraction of sp³-hybridized carbons (Fsp3) is 0.750. The molecule has 4 heteroatoms. The molecular formula is C16H28N2OS. The minimum atomic E-state index is 0.333. The van der Waals surface area contributed by atoms with Crippen LogP contribution in [-0.2, 0) is 11.2 Å². The molecule has 0 amide bonds. The summed E-state index contributed by atoms with van der Waals surface area (Å²) in [7, 11) is 0. The van der Waals surface area contributed by atoms with Crippen molar-refractivity contribution in [3.8, 4) is 0 Å². The molecule has 1 atom stereocenters. The molecule has 20 heavy (non-hydrogen) atoms. The fourth-order valence-corrected chi connectivity index (χ4v) is 4.14. The molecule has 114 valence electrons. The van der Waals surface area contributed by atoms with Gasteiger partial charge in [-0.2, -0.15) is 0 Å². The zero-order valence-corrected chi connectivity index (χ0v) is 13.4. The van der Waals surface area contributed by atoms with Crippen LogP contribution in [0.4, 0.5) is 0 Å². The lowest BCUT2D eigenvalue weighted by Gasteiger charge is -2.22. The Bertz CT molecular complexity index is 374. The molecule has 2 rings (SSSR count). The Balaban J connectivity index is 1.71. The van der Waals surface area contributed by atoms with E-state index in [0.717, 1.165) is 32.0 Å². The maximum absolute atomic E-state index is 5.75. The molecule has 1 aliphatic heterocycles. The highest BCUT2D eigenvalue weighted by molar-refractivity contribution is 7.10. The van der Waals surface area contributed by atoms with E-state index in [2.05, 4.69) is 23.8 Å². The van der Waals surface area contributed by atoms with E-state index in [-0.39, 0.29) is 0 Å². The van der Waals surface area contributed by atoms with Crippen LogP contribution in [0.2, 0.25) is 0 Å². The summed E-state index contributed by atoms with van der Waals surface area (Å²) >= 11 is 1.83. The normalized spacial score (nSPS) is 18.3. The van der Waals surface area contributed by atoms with Crippen molar-refractivity contribution in [3.63, 3.8) is 0 Å². The molecular weight excluding hydrogens is 268 g/mol. The second kappa shape index (κ2) is 8.78. The zero-order chi connectivity index (χ0) is 14.2. The number of aryl methyl sites for hydroxylation is 1. The van der Waals surface area contributed by atoms with Crippen molar-refractivity contribution < 1.29 is 4.74 Å². The fourth-order valence-electron chi connectivity index (χ4n) is 3.05. The van der Waals surface area contributed by atoms with Crippen molar-refractivity contribution in [2.75, 3.05) is 13.2 Å². The van der Waals surface area contributed by atoms with Gasteiger partial charge in [0.1, 0.15) is 0 Å². The molecule has 1 fully saturated rings. The highest BCUT2D eigenvalue weighted by atomic mass is 32.1. The molecule has 3 N–H and O–H groups in total. The molecule has 2 heterocycles. The number of nitrogens with one attached hydrogen (secondary N) is 1. The van der Waals surface area contributed by atoms with Crippen LogP contribution in [0.1, 0.15) is 61.9 Å². The third-order valence-electron chi connectivity index (χ3n) is 4.38. The van der Waals surface area contributed by atoms with Crippen molar-refractivity contribution in [2.24, 2.45) is 11.8 Å². The smallest absolute Gasteiger partial charge is 0.0556 e. The summed E-state index contributed by atoms with van der Waals surface area (Å²) in [5, 5.41) is 2.18. The average Bonchev–Trinajstić information content (AvgIpc) is 2.97. The Labute approximate surface area is 126 Å². The van der Waals surface area contributed by atoms with Crippen LogP contribution in [0, 0.1) is 5.92 Å². The summed E-state index contributed by atoms with van der Waals surface area (Å²) in [4.78, 5) is 1.43. The van der Waals surface area contributed by atoms with Crippen molar-refractivity contribution >= 4 is 11.3 Å². The van der Waals surface area contributed by atoms with Crippen molar-refractivity contribution in [1.82, 2.24) is 5.43 Å². The van der Waals surface area contributed by atoms with Gasteiger partial charge in [0.05, 0.1) is 6.04 Å². The molecule has 1 aromatic heterocycles. The maximum atomic E-state index is 5.75. The largest absolute Gasteiger partial charge is 0.381 e. The van der Waals surface area contributed by atoms with Crippen LogP contribution in [0.25, 0.3) is 0 Å². The van der Waals surface area contributed by atoms with Gasteiger partial charge in [0, 0.05) is 18.1 Å². The number of hydrazine groups is 1. The van der Waals surface area contributed by atoms with Crippen molar-refractivity contribution in [1.29, 1.82) is 0 Å². The number of nitrogens with two attached hydrogens (primary N) is 1. The quantitative estimate of drug-likeness (QED) is 0.436. The molecule has 1 aromatic rings. The van der Waals surface area contributed by atoms with Gasteiger partial charge in [-0.3, -0.25) is 11.3 Å². The molecule has 1 unspecified atom stereocenters. The molecule has 3 nitrogen and oxygen atoms in total. The summed E-state index contributed by atoms with van der Waals surface area (Å²) in [5.74, 6) is 6.64. The second-order valence-electron chi connectivity index (χ2n) is 5.72. The van der Waals surface area contributed by atoms with Crippen LogP contribution in [0.15, 0.2) is 11.4 Å². The Morgan fingerprint density at radius 2 is 2.20 bits per heavy atom. The summed E-state index contributed by atoms with van der Waals surface area (Å²) in [5.41, 5.74) is 4.45. The van der Waals surface area contributed by atoms with Gasteiger partial charge in [-0.1, -0.05) is 26.2 Å². The molecule has 1 aliphatic rings. The number of unbranched alkanes of at least 4 members (excludes halogenated alkanes) is 1. The highest BCUT2D eigenvalue weighted by Crippen LogP contribution is 2.29. The molecule has 0 bridgehead atoms. The van der Waals surface area contributed by atoms with E-state index in [0.29, 0.717) is 6.04 Å². The first-order valence-corrected chi connectivity index (χ1v) is 8.83. The summed E-state index contributed by atoms with van der Waals surface area (Å²) in [6, 6.07) is 2.56. The molecule has 0 aromatic carbocycles. The number of hydrogen-bond donors (Lipinski definition) is 2. The second-order valence-corrected chi connectivity index (χ2v) is 6.67. The molecule has 0 radical (unpaired) electrons. The van der Waals surface area contributed by atoms with Crippen molar-refractivity contribution in [2.45, 2.75) is 57.9 Å².